The van der Waals surface area contributed by atoms with E-state index in [4.69, 9.17) is 16.9 Å². The van der Waals surface area contributed by atoms with Crippen LogP contribution in [-0.2, 0) is 0 Å². The summed E-state index contributed by atoms with van der Waals surface area (Å²) in [4.78, 5) is 11.1. The first kappa shape index (κ1) is 9.69. The minimum atomic E-state index is -0.648. The molecule has 1 aromatic rings. The van der Waals surface area contributed by atoms with E-state index in [0.29, 0.717) is 0 Å². The minimum Gasteiger partial charge on any atom is -0.293 e. The van der Waals surface area contributed by atoms with Gasteiger partial charge in [-0.05, 0) is 12.1 Å². The van der Waals surface area contributed by atoms with Crippen molar-refractivity contribution in [2.75, 3.05) is 0 Å². The number of Topliss-reactive ketones (excluding diaryl/α,β-unsaturated/α-hetero) is 1. The van der Waals surface area contributed by atoms with Crippen LogP contribution in [0.3, 0.4) is 0 Å². The van der Waals surface area contributed by atoms with Crippen LogP contribution in [0, 0.1) is 17.1 Å². The van der Waals surface area contributed by atoms with Gasteiger partial charge >= 0.3 is 0 Å². The Balaban J connectivity index is 3.09. The predicted octanol–water partition coefficient (Wildman–Crippen LogP) is 2.58. The van der Waals surface area contributed by atoms with Gasteiger partial charge in [0.25, 0.3) is 0 Å². The summed E-state index contributed by atoms with van der Waals surface area (Å²) < 4.78 is 12.8. The molecule has 0 aromatic heterocycles. The van der Waals surface area contributed by atoms with E-state index in [2.05, 4.69) is 0 Å². The Hall–Kier alpha value is -1.40. The number of rotatable bonds is 2. The maximum Gasteiger partial charge on any atom is 0.178 e. The lowest BCUT2D eigenvalue weighted by Crippen LogP contribution is -1.99. The van der Waals surface area contributed by atoms with Crippen LogP contribution >= 0.6 is 11.6 Å². The molecule has 0 amide bonds. The zero-order chi connectivity index (χ0) is 9.84. The maximum absolute atomic E-state index is 12.8. The molecule has 0 radical (unpaired) electrons. The van der Waals surface area contributed by atoms with Gasteiger partial charge in [0.15, 0.2) is 5.78 Å². The van der Waals surface area contributed by atoms with Gasteiger partial charge in [0.2, 0.25) is 0 Å². The summed E-state index contributed by atoms with van der Waals surface area (Å²) >= 11 is 5.52. The number of nitrogens with zero attached hydrogens (tertiary/aromatic N) is 1. The fourth-order valence-corrected chi connectivity index (χ4v) is 1.12. The lowest BCUT2D eigenvalue weighted by Gasteiger charge is -2.00. The topological polar surface area (TPSA) is 40.9 Å². The number of carbonyl (C=O) groups excluding carboxylic acids is 1. The van der Waals surface area contributed by atoms with Crippen LogP contribution in [0.1, 0.15) is 16.8 Å². The van der Waals surface area contributed by atoms with Gasteiger partial charge in [-0.2, -0.15) is 5.26 Å². The van der Waals surface area contributed by atoms with Gasteiger partial charge in [-0.15, -0.1) is 0 Å². The summed E-state index contributed by atoms with van der Waals surface area (Å²) in [7, 11) is 0. The highest BCUT2D eigenvalue weighted by Gasteiger charge is 2.12. The van der Waals surface area contributed by atoms with Gasteiger partial charge in [-0.1, -0.05) is 17.7 Å². The predicted molar refractivity (Wildman–Crippen MR) is 46.0 cm³/mol. The molecule has 4 heteroatoms. The molecule has 0 aliphatic rings. The quantitative estimate of drug-likeness (QED) is 0.684. The molecule has 0 aliphatic carbocycles. The van der Waals surface area contributed by atoms with Crippen LogP contribution in [0.5, 0.6) is 0 Å². The van der Waals surface area contributed by atoms with E-state index in [9.17, 15) is 9.18 Å². The molecule has 0 saturated carbocycles. The summed E-state index contributed by atoms with van der Waals surface area (Å²) in [6, 6.07) is 5.61. The van der Waals surface area contributed by atoms with Crippen molar-refractivity contribution in [1.29, 1.82) is 5.26 Å². The molecule has 0 N–H and O–H groups in total. The molecule has 2 nitrogen and oxygen atoms in total. The summed E-state index contributed by atoms with van der Waals surface area (Å²) in [6.45, 7) is 0. The van der Waals surface area contributed by atoms with Crippen molar-refractivity contribution in [3.05, 3.63) is 34.6 Å². The number of halogens is 2. The Morgan fingerprint density at radius 1 is 1.62 bits per heavy atom. The van der Waals surface area contributed by atoms with E-state index in [1.807, 2.05) is 0 Å². The maximum atomic E-state index is 12.8. The number of hydrogen-bond donors (Lipinski definition) is 0. The van der Waals surface area contributed by atoms with Gasteiger partial charge in [0.1, 0.15) is 5.82 Å². The molecule has 1 rings (SSSR count). The van der Waals surface area contributed by atoms with Crippen LogP contribution in [0.2, 0.25) is 5.02 Å². The Morgan fingerprint density at radius 2 is 2.31 bits per heavy atom. The molecule has 0 saturated heterocycles. The van der Waals surface area contributed by atoms with Crippen LogP contribution in [0.25, 0.3) is 0 Å². The van der Waals surface area contributed by atoms with E-state index in [1.165, 1.54) is 12.1 Å². The lowest BCUT2D eigenvalue weighted by molar-refractivity contribution is 0.0997. The lowest BCUT2D eigenvalue weighted by atomic mass is 10.1. The van der Waals surface area contributed by atoms with E-state index in [0.717, 1.165) is 6.07 Å². The summed E-state index contributed by atoms with van der Waals surface area (Å²) in [5.41, 5.74) is 0.0585. The average molecular weight is 198 g/mol. The molecule has 0 fully saturated rings. The molecule has 0 spiro atoms. The number of benzene rings is 1. The molecule has 0 bridgehead atoms. The highest BCUT2D eigenvalue weighted by molar-refractivity contribution is 6.34. The first-order valence-electron chi connectivity index (χ1n) is 3.51. The van der Waals surface area contributed by atoms with Gasteiger partial charge in [0, 0.05) is 5.56 Å². The van der Waals surface area contributed by atoms with E-state index in [-0.39, 0.29) is 17.0 Å². The van der Waals surface area contributed by atoms with Crippen LogP contribution in [0.15, 0.2) is 18.2 Å². The third-order valence-corrected chi connectivity index (χ3v) is 1.88. The molecule has 0 aliphatic heterocycles. The zero-order valence-corrected chi connectivity index (χ0v) is 7.31. The Labute approximate surface area is 79.5 Å². The molecule has 1 aromatic carbocycles. The molecule has 13 heavy (non-hydrogen) atoms. The van der Waals surface area contributed by atoms with Crippen LogP contribution < -0.4 is 0 Å². The molecule has 0 heterocycles. The second-order valence-corrected chi connectivity index (χ2v) is 2.74. The van der Waals surface area contributed by atoms with Crippen molar-refractivity contribution in [1.82, 2.24) is 0 Å². The first-order chi connectivity index (χ1) is 6.16. The highest BCUT2D eigenvalue weighted by atomic mass is 35.5. The van der Waals surface area contributed by atoms with Gasteiger partial charge in [-0.25, -0.2) is 4.39 Å². The monoisotopic (exact) mass is 197 g/mol. The minimum absolute atomic E-state index is 0.0585. The van der Waals surface area contributed by atoms with E-state index < -0.39 is 11.6 Å². The van der Waals surface area contributed by atoms with Crippen molar-refractivity contribution >= 4 is 17.4 Å². The smallest absolute Gasteiger partial charge is 0.178 e. The Bertz CT molecular complexity index is 384. The fraction of sp³-hybridized carbons (Fsp3) is 0.111. The SMILES string of the molecule is N#CCC(=O)c1cccc(F)c1Cl. The molecule has 0 atom stereocenters. The second-order valence-electron chi connectivity index (χ2n) is 2.36. The Morgan fingerprint density at radius 3 is 2.92 bits per heavy atom. The van der Waals surface area contributed by atoms with E-state index >= 15 is 0 Å². The first-order valence-corrected chi connectivity index (χ1v) is 3.88. The number of carbonyl (C=O) groups is 1. The van der Waals surface area contributed by atoms with Crippen molar-refractivity contribution in [2.24, 2.45) is 0 Å². The molecular weight excluding hydrogens is 193 g/mol. The average Bonchev–Trinajstić information content (AvgIpc) is 2.10. The third kappa shape index (κ3) is 2.04. The third-order valence-electron chi connectivity index (χ3n) is 1.49. The summed E-state index contributed by atoms with van der Waals surface area (Å²) in [5, 5.41) is 8.03. The number of ketones is 1. The van der Waals surface area contributed by atoms with Crippen molar-refractivity contribution in [2.45, 2.75) is 6.42 Å². The van der Waals surface area contributed by atoms with Crippen molar-refractivity contribution in [3.8, 4) is 6.07 Å². The molecule has 66 valence electrons. The number of hydrogen-bond acceptors (Lipinski definition) is 2. The van der Waals surface area contributed by atoms with Crippen LogP contribution in [-0.4, -0.2) is 5.78 Å². The zero-order valence-electron chi connectivity index (χ0n) is 6.55. The standard InChI is InChI=1S/C9H5ClFNO/c10-9-6(8(13)4-5-12)2-1-3-7(9)11/h1-3H,4H2. The second kappa shape index (κ2) is 4.01. The number of nitriles is 1. The van der Waals surface area contributed by atoms with Gasteiger partial charge in [-0.3, -0.25) is 4.79 Å². The van der Waals surface area contributed by atoms with E-state index in [1.54, 1.807) is 6.07 Å². The van der Waals surface area contributed by atoms with Crippen molar-refractivity contribution < 1.29 is 9.18 Å². The largest absolute Gasteiger partial charge is 0.293 e. The normalized spacial score (nSPS) is 9.31. The fourth-order valence-electron chi connectivity index (χ4n) is 0.886. The van der Waals surface area contributed by atoms with Crippen molar-refractivity contribution in [3.63, 3.8) is 0 Å². The molecule has 0 unspecified atom stereocenters. The van der Waals surface area contributed by atoms with Gasteiger partial charge in [0.05, 0.1) is 17.5 Å². The molecular formula is C9H5ClFNO. The summed E-state index contributed by atoms with van der Waals surface area (Å²) in [6.07, 6.45) is -0.289. The summed E-state index contributed by atoms with van der Waals surface area (Å²) in [5.74, 6) is -1.11. The van der Waals surface area contributed by atoms with Gasteiger partial charge < -0.3 is 0 Å². The van der Waals surface area contributed by atoms with Crippen LogP contribution in [0.4, 0.5) is 4.39 Å². The highest BCUT2D eigenvalue weighted by Crippen LogP contribution is 2.20. The Kier molecular flexibility index (Phi) is 2.99.